The molecule has 0 saturated heterocycles. The second kappa shape index (κ2) is 8.61. The van der Waals surface area contributed by atoms with Crippen molar-refractivity contribution in [2.45, 2.75) is 39.0 Å². The van der Waals surface area contributed by atoms with E-state index in [1.807, 2.05) is 0 Å². The first kappa shape index (κ1) is 17.4. The highest BCUT2D eigenvalue weighted by Crippen LogP contribution is 2.25. The molecule has 0 bridgehead atoms. The lowest BCUT2D eigenvalue weighted by atomic mass is 9.90. The summed E-state index contributed by atoms with van der Waals surface area (Å²) < 4.78 is 13.1. The van der Waals surface area contributed by atoms with Crippen molar-refractivity contribution in [3.8, 4) is 0 Å². The van der Waals surface area contributed by atoms with Crippen LogP contribution < -0.4 is 10.4 Å². The summed E-state index contributed by atoms with van der Waals surface area (Å²) in [4.78, 5) is 0. The molecule has 1 aliphatic rings. The molecule has 0 amide bonds. The molecule has 2 aromatic carbocycles. The van der Waals surface area contributed by atoms with Gasteiger partial charge in [0.15, 0.2) is 0 Å². The minimum absolute atomic E-state index is 0.667. The van der Waals surface area contributed by atoms with E-state index in [9.17, 15) is 0 Å². The van der Waals surface area contributed by atoms with Crippen LogP contribution in [0.15, 0.2) is 60.7 Å². The molecule has 1 aliphatic carbocycles. The fourth-order valence-electron chi connectivity index (χ4n) is 3.65. The van der Waals surface area contributed by atoms with Crippen LogP contribution in [-0.4, -0.2) is 21.8 Å². The summed E-state index contributed by atoms with van der Waals surface area (Å²) >= 11 is 0. The zero-order chi connectivity index (χ0) is 16.7. The van der Waals surface area contributed by atoms with Crippen molar-refractivity contribution in [3.05, 3.63) is 60.7 Å². The van der Waals surface area contributed by atoms with E-state index in [4.69, 9.17) is 8.85 Å². The second-order valence-electron chi connectivity index (χ2n) is 6.60. The van der Waals surface area contributed by atoms with Gasteiger partial charge in [-0.15, -0.1) is 0 Å². The van der Waals surface area contributed by atoms with Gasteiger partial charge in [-0.25, -0.2) is 0 Å². The zero-order valence-electron chi connectivity index (χ0n) is 14.6. The Morgan fingerprint density at radius 2 is 1.33 bits per heavy atom. The third-order valence-corrected chi connectivity index (χ3v) is 8.36. The van der Waals surface area contributed by atoms with Gasteiger partial charge in [-0.2, -0.15) is 0 Å². The van der Waals surface area contributed by atoms with Crippen molar-refractivity contribution in [3.63, 3.8) is 0 Å². The van der Waals surface area contributed by atoms with Crippen LogP contribution in [0.1, 0.15) is 39.0 Å². The van der Waals surface area contributed by atoms with Gasteiger partial charge in [0.2, 0.25) is 0 Å². The van der Waals surface area contributed by atoms with Gasteiger partial charge in [0, 0.05) is 13.2 Å². The fraction of sp³-hybridized carbons (Fsp3) is 0.429. The lowest BCUT2D eigenvalue weighted by molar-refractivity contribution is 0.152. The molecule has 2 aromatic rings. The van der Waals surface area contributed by atoms with Gasteiger partial charge in [0.05, 0.1) is 0 Å². The summed E-state index contributed by atoms with van der Waals surface area (Å²) in [7, 11) is -2.63. The van der Waals surface area contributed by atoms with E-state index in [0.717, 1.165) is 6.61 Å². The molecule has 0 N–H and O–H groups in total. The Morgan fingerprint density at radius 3 is 1.83 bits per heavy atom. The Labute approximate surface area is 147 Å². The number of hydrogen-bond acceptors (Lipinski definition) is 2. The lowest BCUT2D eigenvalue weighted by Crippen LogP contribution is -2.63. The monoisotopic (exact) mass is 340 g/mol. The Balaban J connectivity index is 1.91. The number of hydrogen-bond donors (Lipinski definition) is 0. The maximum Gasteiger partial charge on any atom is 0.407 e. The molecule has 0 unspecified atom stereocenters. The molecule has 0 aliphatic heterocycles. The summed E-state index contributed by atoms with van der Waals surface area (Å²) in [5.41, 5.74) is 0. The van der Waals surface area contributed by atoms with Crippen LogP contribution >= 0.6 is 0 Å². The van der Waals surface area contributed by atoms with Crippen LogP contribution in [0.2, 0.25) is 0 Å². The Bertz CT molecular complexity index is 554. The van der Waals surface area contributed by atoms with E-state index in [0.29, 0.717) is 12.5 Å². The molecule has 1 saturated carbocycles. The molecule has 3 rings (SSSR count). The van der Waals surface area contributed by atoms with Crippen LogP contribution in [0, 0.1) is 5.92 Å². The smallest absolute Gasteiger partial charge is 0.388 e. The molecule has 2 nitrogen and oxygen atoms in total. The van der Waals surface area contributed by atoms with Gasteiger partial charge in [0.25, 0.3) is 0 Å². The van der Waals surface area contributed by atoms with Crippen LogP contribution in [0.3, 0.4) is 0 Å². The average Bonchev–Trinajstić information content (AvgIpc) is 2.67. The van der Waals surface area contributed by atoms with Crippen molar-refractivity contribution < 1.29 is 8.85 Å². The van der Waals surface area contributed by atoms with Crippen LogP contribution in [0.4, 0.5) is 0 Å². The molecular formula is C21H28O2Si. The van der Waals surface area contributed by atoms with Crippen molar-refractivity contribution in [2.75, 3.05) is 13.2 Å². The van der Waals surface area contributed by atoms with Crippen LogP contribution in [-0.2, 0) is 8.85 Å². The molecular weight excluding hydrogens is 312 g/mol. The summed E-state index contributed by atoms with van der Waals surface area (Å²) in [5.74, 6) is 0.679. The zero-order valence-corrected chi connectivity index (χ0v) is 15.6. The predicted molar refractivity (Wildman–Crippen MR) is 102 cm³/mol. The molecule has 0 heterocycles. The topological polar surface area (TPSA) is 18.5 Å². The largest absolute Gasteiger partial charge is 0.407 e. The van der Waals surface area contributed by atoms with Crippen molar-refractivity contribution >= 4 is 18.9 Å². The van der Waals surface area contributed by atoms with Gasteiger partial charge in [-0.1, -0.05) is 79.9 Å². The number of rotatable bonds is 7. The SMILES string of the molecule is CCO[Si](OCC1CCCCC1)(c1ccccc1)c1ccccc1. The molecule has 128 valence electrons. The standard InChI is InChI=1S/C21H28O2Si/c1-2-22-24(20-14-8-4-9-15-20,21-16-10-5-11-17-21)23-18-19-12-6-3-7-13-19/h4-5,8-11,14-17,19H,2-3,6-7,12-13,18H2,1H3. The highest BCUT2D eigenvalue weighted by Gasteiger charge is 2.42. The molecule has 0 spiro atoms. The van der Waals surface area contributed by atoms with Crippen LogP contribution in [0.25, 0.3) is 0 Å². The molecule has 3 heteroatoms. The highest BCUT2D eigenvalue weighted by molar-refractivity contribution is 6.92. The van der Waals surface area contributed by atoms with Gasteiger partial charge < -0.3 is 8.85 Å². The Kier molecular flexibility index (Phi) is 6.24. The first-order valence-corrected chi connectivity index (χ1v) is 11.1. The summed E-state index contributed by atoms with van der Waals surface area (Å²) in [6.45, 7) is 3.55. The lowest BCUT2D eigenvalue weighted by Gasteiger charge is -2.33. The average molecular weight is 341 g/mol. The predicted octanol–water partition coefficient (Wildman–Crippen LogP) is 3.88. The summed E-state index contributed by atoms with van der Waals surface area (Å²) in [6, 6.07) is 21.1. The molecule has 1 fully saturated rings. The van der Waals surface area contributed by atoms with E-state index in [-0.39, 0.29) is 0 Å². The quantitative estimate of drug-likeness (QED) is 0.712. The van der Waals surface area contributed by atoms with Crippen molar-refractivity contribution in [2.24, 2.45) is 5.92 Å². The van der Waals surface area contributed by atoms with Gasteiger partial charge >= 0.3 is 8.56 Å². The van der Waals surface area contributed by atoms with Gasteiger partial charge in [0.1, 0.15) is 0 Å². The molecule has 0 radical (unpaired) electrons. The third-order valence-electron chi connectivity index (χ3n) is 4.90. The van der Waals surface area contributed by atoms with Crippen molar-refractivity contribution in [1.82, 2.24) is 0 Å². The third kappa shape index (κ3) is 3.97. The van der Waals surface area contributed by atoms with Crippen molar-refractivity contribution in [1.29, 1.82) is 0 Å². The van der Waals surface area contributed by atoms with E-state index in [2.05, 4.69) is 67.6 Å². The second-order valence-corrected chi connectivity index (χ2v) is 9.56. The maximum atomic E-state index is 6.70. The maximum absolute atomic E-state index is 6.70. The minimum Gasteiger partial charge on any atom is -0.388 e. The summed E-state index contributed by atoms with van der Waals surface area (Å²) in [6.07, 6.45) is 6.64. The highest BCUT2D eigenvalue weighted by atomic mass is 28.4. The molecule has 0 atom stereocenters. The van der Waals surface area contributed by atoms with E-state index < -0.39 is 8.56 Å². The molecule has 24 heavy (non-hydrogen) atoms. The number of benzene rings is 2. The first-order chi connectivity index (χ1) is 11.8. The van der Waals surface area contributed by atoms with E-state index >= 15 is 0 Å². The fourth-order valence-corrected chi connectivity index (χ4v) is 6.87. The Morgan fingerprint density at radius 1 is 0.792 bits per heavy atom. The van der Waals surface area contributed by atoms with Gasteiger partial charge in [-0.05, 0) is 36.1 Å². The minimum atomic E-state index is -2.63. The van der Waals surface area contributed by atoms with Gasteiger partial charge in [-0.3, -0.25) is 0 Å². The first-order valence-electron chi connectivity index (χ1n) is 9.24. The van der Waals surface area contributed by atoms with Crippen LogP contribution in [0.5, 0.6) is 0 Å². The van der Waals surface area contributed by atoms with E-state index in [1.54, 1.807) is 0 Å². The molecule has 0 aromatic heterocycles. The Hall–Kier alpha value is -1.42. The van der Waals surface area contributed by atoms with E-state index in [1.165, 1.54) is 42.5 Å². The normalized spacial score (nSPS) is 16.2. The summed E-state index contributed by atoms with van der Waals surface area (Å²) in [5, 5.41) is 2.41.